The van der Waals surface area contributed by atoms with E-state index < -0.39 is 0 Å². The predicted octanol–water partition coefficient (Wildman–Crippen LogP) is 4.16. The molecule has 1 amide bonds. The maximum atomic E-state index is 13.4. The maximum Gasteiger partial charge on any atom is 0.250 e. The highest BCUT2D eigenvalue weighted by Gasteiger charge is 2.16. The first-order valence-electron chi connectivity index (χ1n) is 9.44. The summed E-state index contributed by atoms with van der Waals surface area (Å²) < 4.78 is 30.1. The Morgan fingerprint density at radius 2 is 2.17 bits per heavy atom. The standard InChI is InChI=1S/C22H21FN2O4/c23-16-2-1-3-17(10-16)29-21-5-4-20(19-11-24-8-6-18(19)21)25-22(26)14-28-13-15-7-9-27-12-15/h1-6,8,10-11,15H,7,9,12-14H2,(H,25,26)/t15-/m0/s1. The summed E-state index contributed by atoms with van der Waals surface area (Å²) in [4.78, 5) is 16.4. The lowest BCUT2D eigenvalue weighted by Crippen LogP contribution is -2.21. The van der Waals surface area contributed by atoms with Crippen LogP contribution in [0.4, 0.5) is 10.1 Å². The zero-order valence-electron chi connectivity index (χ0n) is 15.8. The van der Waals surface area contributed by atoms with Crippen molar-refractivity contribution < 1.29 is 23.4 Å². The Kier molecular flexibility index (Phi) is 5.97. The van der Waals surface area contributed by atoms with Crippen LogP contribution in [0, 0.1) is 11.7 Å². The first kappa shape index (κ1) is 19.3. The molecule has 150 valence electrons. The van der Waals surface area contributed by atoms with Gasteiger partial charge in [-0.15, -0.1) is 0 Å². The quantitative estimate of drug-likeness (QED) is 0.650. The number of hydrogen-bond acceptors (Lipinski definition) is 5. The highest BCUT2D eigenvalue weighted by molar-refractivity contribution is 6.04. The van der Waals surface area contributed by atoms with E-state index >= 15 is 0 Å². The molecule has 1 aromatic heterocycles. The number of carbonyl (C=O) groups excluding carboxylic acids is 1. The molecule has 1 aliphatic rings. The molecule has 6 nitrogen and oxygen atoms in total. The second-order valence-corrected chi connectivity index (χ2v) is 6.88. The normalized spacial score (nSPS) is 16.1. The summed E-state index contributed by atoms with van der Waals surface area (Å²) >= 11 is 0. The highest BCUT2D eigenvalue weighted by atomic mass is 19.1. The van der Waals surface area contributed by atoms with Gasteiger partial charge in [0.15, 0.2) is 0 Å². The average molecular weight is 396 g/mol. The number of aromatic nitrogens is 1. The Morgan fingerprint density at radius 3 is 3.00 bits per heavy atom. The van der Waals surface area contributed by atoms with E-state index in [1.807, 2.05) is 0 Å². The zero-order valence-corrected chi connectivity index (χ0v) is 15.8. The Labute approximate surface area is 167 Å². The number of carbonyl (C=O) groups is 1. The summed E-state index contributed by atoms with van der Waals surface area (Å²) in [6.45, 7) is 1.92. The second kappa shape index (κ2) is 8.98. The van der Waals surface area contributed by atoms with E-state index in [9.17, 15) is 9.18 Å². The largest absolute Gasteiger partial charge is 0.457 e. The summed E-state index contributed by atoms with van der Waals surface area (Å²) in [6.07, 6.45) is 4.25. The predicted molar refractivity (Wildman–Crippen MR) is 107 cm³/mol. The van der Waals surface area contributed by atoms with Gasteiger partial charge in [0.25, 0.3) is 0 Å². The van der Waals surface area contributed by atoms with Gasteiger partial charge in [0, 0.05) is 41.8 Å². The third kappa shape index (κ3) is 4.88. The number of nitrogens with one attached hydrogen (secondary N) is 1. The van der Waals surface area contributed by atoms with Crippen molar-refractivity contribution in [2.24, 2.45) is 5.92 Å². The van der Waals surface area contributed by atoms with Crippen molar-refractivity contribution in [2.75, 3.05) is 31.7 Å². The molecule has 0 radical (unpaired) electrons. The fourth-order valence-corrected chi connectivity index (χ4v) is 3.24. The molecule has 29 heavy (non-hydrogen) atoms. The third-order valence-corrected chi connectivity index (χ3v) is 4.69. The topological polar surface area (TPSA) is 69.7 Å². The molecule has 0 unspecified atom stereocenters. The molecule has 1 saturated heterocycles. The minimum atomic E-state index is -0.374. The van der Waals surface area contributed by atoms with Crippen LogP contribution in [-0.2, 0) is 14.3 Å². The van der Waals surface area contributed by atoms with E-state index in [1.165, 1.54) is 12.1 Å². The van der Waals surface area contributed by atoms with Crippen molar-refractivity contribution >= 4 is 22.4 Å². The van der Waals surface area contributed by atoms with Crippen molar-refractivity contribution in [1.82, 2.24) is 4.98 Å². The van der Waals surface area contributed by atoms with Gasteiger partial charge in [0.05, 0.1) is 18.9 Å². The highest BCUT2D eigenvalue weighted by Crippen LogP contribution is 2.34. The molecule has 2 aromatic carbocycles. The Morgan fingerprint density at radius 1 is 1.24 bits per heavy atom. The van der Waals surface area contributed by atoms with Crippen molar-refractivity contribution in [3.63, 3.8) is 0 Å². The van der Waals surface area contributed by atoms with E-state index in [2.05, 4.69) is 10.3 Å². The molecule has 1 atom stereocenters. The van der Waals surface area contributed by atoms with Crippen LogP contribution in [0.3, 0.4) is 0 Å². The Balaban J connectivity index is 1.46. The van der Waals surface area contributed by atoms with Gasteiger partial charge in [-0.1, -0.05) is 6.07 Å². The number of halogens is 1. The number of nitrogens with zero attached hydrogens (tertiary/aromatic N) is 1. The van der Waals surface area contributed by atoms with Crippen LogP contribution in [0.15, 0.2) is 54.9 Å². The number of hydrogen-bond donors (Lipinski definition) is 1. The van der Waals surface area contributed by atoms with Crippen LogP contribution >= 0.6 is 0 Å². The van der Waals surface area contributed by atoms with E-state index in [-0.39, 0.29) is 18.3 Å². The molecule has 4 rings (SSSR count). The van der Waals surface area contributed by atoms with Crippen LogP contribution in [-0.4, -0.2) is 37.3 Å². The van der Waals surface area contributed by atoms with Gasteiger partial charge in [0.1, 0.15) is 23.9 Å². The first-order chi connectivity index (χ1) is 14.2. The number of amides is 1. The minimum absolute atomic E-state index is 0.0280. The number of rotatable bonds is 7. The number of ether oxygens (including phenoxy) is 3. The summed E-state index contributed by atoms with van der Waals surface area (Å²) in [7, 11) is 0. The van der Waals surface area contributed by atoms with E-state index in [0.717, 1.165) is 23.8 Å². The summed E-state index contributed by atoms with van der Waals surface area (Å²) in [5, 5.41) is 4.34. The van der Waals surface area contributed by atoms with Crippen LogP contribution in [0.2, 0.25) is 0 Å². The molecule has 0 spiro atoms. The fraction of sp³-hybridized carbons (Fsp3) is 0.273. The molecule has 7 heteroatoms. The van der Waals surface area contributed by atoms with Gasteiger partial charge in [-0.25, -0.2) is 4.39 Å². The second-order valence-electron chi connectivity index (χ2n) is 6.88. The number of benzene rings is 2. The smallest absolute Gasteiger partial charge is 0.250 e. The fourth-order valence-electron chi connectivity index (χ4n) is 3.24. The molecule has 1 N–H and O–H groups in total. The van der Waals surface area contributed by atoms with Crippen LogP contribution in [0.1, 0.15) is 6.42 Å². The lowest BCUT2D eigenvalue weighted by molar-refractivity contribution is -0.121. The van der Waals surface area contributed by atoms with Crippen molar-refractivity contribution in [1.29, 1.82) is 0 Å². The molecule has 0 aliphatic carbocycles. The molecular formula is C22H21FN2O4. The molecule has 0 saturated carbocycles. The number of fused-ring (bicyclic) bond motifs is 1. The van der Waals surface area contributed by atoms with Crippen molar-refractivity contribution in [2.45, 2.75) is 6.42 Å². The van der Waals surface area contributed by atoms with Crippen molar-refractivity contribution in [3.05, 3.63) is 60.7 Å². The maximum absolute atomic E-state index is 13.4. The van der Waals surface area contributed by atoms with Crippen LogP contribution < -0.4 is 10.1 Å². The van der Waals surface area contributed by atoms with E-state index in [1.54, 1.807) is 42.7 Å². The van der Waals surface area contributed by atoms with Crippen LogP contribution in [0.25, 0.3) is 10.8 Å². The first-order valence-corrected chi connectivity index (χ1v) is 9.44. The average Bonchev–Trinajstić information content (AvgIpc) is 3.23. The van der Waals surface area contributed by atoms with E-state index in [4.69, 9.17) is 14.2 Å². The zero-order chi connectivity index (χ0) is 20.1. The third-order valence-electron chi connectivity index (χ3n) is 4.69. The molecule has 0 bridgehead atoms. The lowest BCUT2D eigenvalue weighted by atomic mass is 10.1. The summed E-state index contributed by atoms with van der Waals surface area (Å²) in [5.74, 6) is 0.675. The SMILES string of the molecule is O=C(COC[C@H]1CCOC1)Nc1ccc(Oc2cccc(F)c2)c2ccncc12. The van der Waals surface area contributed by atoms with Gasteiger partial charge in [-0.05, 0) is 36.8 Å². The summed E-state index contributed by atoms with van der Waals surface area (Å²) in [5.41, 5.74) is 0.609. The minimum Gasteiger partial charge on any atom is -0.457 e. The Bertz CT molecular complexity index is 1010. The molecule has 1 fully saturated rings. The molecule has 3 aromatic rings. The van der Waals surface area contributed by atoms with Gasteiger partial charge < -0.3 is 19.5 Å². The van der Waals surface area contributed by atoms with E-state index in [0.29, 0.717) is 36.3 Å². The van der Waals surface area contributed by atoms with Gasteiger partial charge in [0.2, 0.25) is 5.91 Å². The molecule has 1 aliphatic heterocycles. The van der Waals surface area contributed by atoms with Gasteiger partial charge in [-0.3, -0.25) is 9.78 Å². The number of pyridine rings is 1. The van der Waals surface area contributed by atoms with Crippen LogP contribution in [0.5, 0.6) is 11.5 Å². The lowest BCUT2D eigenvalue weighted by Gasteiger charge is -2.13. The van der Waals surface area contributed by atoms with Gasteiger partial charge >= 0.3 is 0 Å². The Hall–Kier alpha value is -3.03. The van der Waals surface area contributed by atoms with Gasteiger partial charge in [-0.2, -0.15) is 0 Å². The van der Waals surface area contributed by atoms with Crippen molar-refractivity contribution in [3.8, 4) is 11.5 Å². The molecule has 2 heterocycles. The molecular weight excluding hydrogens is 375 g/mol. The summed E-state index contributed by atoms with van der Waals surface area (Å²) in [6, 6.07) is 11.2. The number of anilines is 1. The monoisotopic (exact) mass is 396 g/mol.